The number of likely N-dealkylation sites (N-methyl/N-ethyl adjacent to an activating group) is 2. The fourth-order valence-electron chi connectivity index (χ4n) is 10.5. The number of cyclic esters (lactones) is 1. The van der Waals surface area contributed by atoms with Gasteiger partial charge < -0.3 is 39.2 Å². The van der Waals surface area contributed by atoms with Crippen LogP contribution in [-0.4, -0.2) is 148 Å². The molecule has 6 bridgehead atoms. The number of esters is 1. The minimum Gasteiger partial charge on any atom is -0.464 e. The van der Waals surface area contributed by atoms with Crippen LogP contribution in [0, 0.1) is 11.3 Å². The highest BCUT2D eigenvalue weighted by Gasteiger charge is 2.39. The average Bonchev–Trinajstić information content (AvgIpc) is 3.99. The minimum absolute atomic E-state index is 0.0389. The minimum atomic E-state index is -1.14. The van der Waals surface area contributed by atoms with Gasteiger partial charge in [0, 0.05) is 116 Å². The molecule has 1 unspecified atom stereocenters. The van der Waals surface area contributed by atoms with Crippen LogP contribution in [0.5, 0.6) is 0 Å². The summed E-state index contributed by atoms with van der Waals surface area (Å²) in [6.07, 6.45) is 7.89. The lowest BCUT2D eigenvalue weighted by Gasteiger charge is -2.36. The van der Waals surface area contributed by atoms with E-state index >= 15 is 0 Å². The van der Waals surface area contributed by atoms with Crippen LogP contribution < -0.4 is 15.6 Å². The number of hydrogen-bond donors (Lipinski definition) is 3. The van der Waals surface area contributed by atoms with Gasteiger partial charge in [0.2, 0.25) is 5.91 Å². The highest BCUT2D eigenvalue weighted by atomic mass is 32.1. The number of amides is 3. The van der Waals surface area contributed by atoms with Crippen LogP contribution in [0.1, 0.15) is 82.3 Å². The first-order chi connectivity index (χ1) is 35.4. The number of nitrogens with zero attached hydrogens (tertiary/aromatic N) is 8. The van der Waals surface area contributed by atoms with E-state index in [1.807, 2.05) is 32.3 Å². The van der Waals surface area contributed by atoms with Crippen LogP contribution in [0.25, 0.3) is 39.0 Å². The number of aliphatic hydroxyl groups excluding tert-OH is 1. The first-order valence-corrected chi connectivity index (χ1v) is 26.6. The van der Waals surface area contributed by atoms with Gasteiger partial charge in [-0.3, -0.25) is 34.2 Å². The molecule has 0 spiro atoms. The number of rotatable bonds is 13. The molecule has 1 aromatic carbocycles. The second-order valence-corrected chi connectivity index (χ2v) is 21.8. The lowest BCUT2D eigenvalue weighted by Crippen LogP contribution is -2.62. The second-order valence-electron chi connectivity index (χ2n) is 20.9. The van der Waals surface area contributed by atoms with Crippen LogP contribution in [0.15, 0.2) is 78.6 Å². The highest BCUT2D eigenvalue weighted by molar-refractivity contribution is 7.10. The van der Waals surface area contributed by atoms with Gasteiger partial charge in [-0.2, -0.15) is 0 Å². The lowest BCUT2D eigenvalue weighted by molar-refractivity contribution is -0.155. The third-order valence-electron chi connectivity index (χ3n) is 14.6. The molecule has 3 amide bonds. The number of aromatic nitrogens is 4. The Morgan fingerprint density at radius 2 is 1.88 bits per heavy atom. The molecule has 0 saturated carbocycles. The molecule has 3 N–H and O–H groups in total. The summed E-state index contributed by atoms with van der Waals surface area (Å²) in [5.74, 6) is -2.40. The number of hydrogen-bond acceptors (Lipinski definition) is 14. The number of thiazole rings is 1. The zero-order valence-electron chi connectivity index (χ0n) is 44.3. The summed E-state index contributed by atoms with van der Waals surface area (Å²) in [7, 11) is 5.39. The summed E-state index contributed by atoms with van der Waals surface area (Å²) in [6.45, 7) is 20.5. The van der Waals surface area contributed by atoms with Gasteiger partial charge in [-0.15, -0.1) is 11.3 Å². The summed E-state index contributed by atoms with van der Waals surface area (Å²) >= 11 is 1.40. The van der Waals surface area contributed by atoms with Gasteiger partial charge in [0.25, 0.3) is 11.8 Å². The van der Waals surface area contributed by atoms with Crippen molar-refractivity contribution in [3.05, 3.63) is 100 Å². The Labute approximate surface area is 438 Å². The van der Waals surface area contributed by atoms with Crippen LogP contribution in [0.3, 0.4) is 0 Å². The maximum absolute atomic E-state index is 14.8. The van der Waals surface area contributed by atoms with E-state index in [4.69, 9.17) is 19.4 Å². The van der Waals surface area contributed by atoms with Gasteiger partial charge >= 0.3 is 5.97 Å². The van der Waals surface area contributed by atoms with Crippen molar-refractivity contribution in [2.75, 3.05) is 72.0 Å². The van der Waals surface area contributed by atoms with Crippen molar-refractivity contribution in [3.8, 4) is 22.5 Å². The van der Waals surface area contributed by atoms with Crippen molar-refractivity contribution in [1.82, 2.24) is 45.1 Å². The number of anilines is 1. The molecule has 0 radical (unpaired) electrons. The number of fused-ring (bicyclic) bond motifs is 6. The fraction of sp³-hybridized carbons (Fsp3) is 0.482. The molecule has 5 aromatic rings. The largest absolute Gasteiger partial charge is 0.464 e. The molecule has 3 aliphatic heterocycles. The van der Waals surface area contributed by atoms with Crippen LogP contribution in [-0.2, 0) is 48.0 Å². The Kier molecular flexibility index (Phi) is 16.8. The van der Waals surface area contributed by atoms with Crippen LogP contribution >= 0.6 is 11.3 Å². The Hall–Kier alpha value is -6.31. The molecule has 4 atom stereocenters. The second kappa shape index (κ2) is 23.1. The number of aryl methyl sites for hydroxylation is 1. The van der Waals surface area contributed by atoms with Gasteiger partial charge in [0.15, 0.2) is 0 Å². The number of hydrazine groups is 1. The predicted molar refractivity (Wildman–Crippen MR) is 289 cm³/mol. The van der Waals surface area contributed by atoms with Gasteiger partial charge in [-0.1, -0.05) is 52.5 Å². The number of nitrogens with one attached hydrogen (secondary N) is 2. The highest BCUT2D eigenvalue weighted by Crippen LogP contribution is 2.43. The Bertz CT molecular complexity index is 2910. The lowest BCUT2D eigenvalue weighted by atomic mass is 9.84. The topological polar surface area (TPSA) is 188 Å². The predicted octanol–water partition coefficient (Wildman–Crippen LogP) is 6.46. The van der Waals surface area contributed by atoms with Crippen LogP contribution in [0.4, 0.5) is 5.69 Å². The first kappa shape index (κ1) is 54.0. The summed E-state index contributed by atoms with van der Waals surface area (Å²) in [4.78, 5) is 78.2. The van der Waals surface area contributed by atoms with Crippen molar-refractivity contribution >= 4 is 57.2 Å². The standard InChI is InChI=1S/C56H72N10O7S/c1-11-65-47-17-16-37-26-41(47)43(51(65)42-27-39(31-58-49(42)36(5)72-10)64-23-21-62(8)22-24-64)29-56(6,7)33-73-55(71)44-15-13-20-66(61-44)54(70)45(28-48-59-46(37)32-74-48)60-52(68)50(34(2)3)63(9)53(69)35(4)40(18-25-67)38-14-12-19-57-30-38/h12,14,16-19,26-27,30-32,34,36,44-45,50,61,67H,4,11,13,15,20-25,28-29,33H2,1-3,5-10H3,(H,60,68)/b40-18+/t36-,44-,45-,50?/m0/s1. The van der Waals surface area contributed by atoms with Gasteiger partial charge in [0.1, 0.15) is 18.1 Å². The van der Waals surface area contributed by atoms with E-state index in [1.165, 1.54) is 34.4 Å². The molecule has 2 saturated heterocycles. The molecule has 17 nitrogen and oxygen atoms in total. The zero-order chi connectivity index (χ0) is 53.0. The number of carbonyl (C=O) groups excluding carboxylic acids is 4. The first-order valence-electron chi connectivity index (χ1n) is 25.7. The number of pyridine rings is 2. The van der Waals surface area contributed by atoms with Gasteiger partial charge in [-0.05, 0) is 81.5 Å². The van der Waals surface area contributed by atoms with E-state index in [1.54, 1.807) is 31.6 Å². The molecule has 3 aliphatic rings. The van der Waals surface area contributed by atoms with Crippen molar-refractivity contribution in [2.24, 2.45) is 11.3 Å². The Morgan fingerprint density at radius 3 is 2.57 bits per heavy atom. The van der Waals surface area contributed by atoms with Gasteiger partial charge in [-0.25, -0.2) is 10.4 Å². The van der Waals surface area contributed by atoms with Crippen molar-refractivity contribution < 1.29 is 33.8 Å². The molecule has 74 heavy (non-hydrogen) atoms. The van der Waals surface area contributed by atoms with E-state index in [0.29, 0.717) is 42.0 Å². The van der Waals surface area contributed by atoms with E-state index in [0.717, 1.165) is 76.5 Å². The van der Waals surface area contributed by atoms with Crippen molar-refractivity contribution in [1.29, 1.82) is 0 Å². The molecule has 2 fully saturated rings. The molecule has 394 valence electrons. The summed E-state index contributed by atoms with van der Waals surface area (Å²) in [5, 5.41) is 17.9. The number of aliphatic hydroxyl groups is 1. The maximum Gasteiger partial charge on any atom is 0.324 e. The molecule has 7 heterocycles. The smallest absolute Gasteiger partial charge is 0.324 e. The fourth-order valence-corrected chi connectivity index (χ4v) is 11.4. The quantitative estimate of drug-likeness (QED) is 0.0663. The summed E-state index contributed by atoms with van der Waals surface area (Å²) < 4.78 is 14.6. The molecule has 18 heteroatoms. The third-order valence-corrected chi connectivity index (χ3v) is 15.4. The molecular formula is C56H72N10O7S. The SMILES string of the molecule is C=C(C(=O)N(C)C(C(=O)N[C@H]1Cc2nc(cs2)-c2ccc3c(c2)c(c(-c2cc(N4CCN(C)CC4)cnc2[C@H](C)OC)n3CC)CC(C)(C)COC(=O)[C@@H]2CCCN(N2)C1=O)C(C)C)/C(=C\CO)c1cccnc1. The summed E-state index contributed by atoms with van der Waals surface area (Å²) in [5.41, 5.74) is 11.3. The number of methoxy groups -OCH3 is 1. The molecule has 4 aromatic heterocycles. The van der Waals surface area contributed by atoms with Crippen molar-refractivity contribution in [3.63, 3.8) is 0 Å². The number of piperazine rings is 1. The zero-order valence-corrected chi connectivity index (χ0v) is 45.1. The normalized spacial score (nSPS) is 19.7. The van der Waals surface area contributed by atoms with E-state index in [2.05, 4.69) is 88.8 Å². The molecule has 8 rings (SSSR count). The molecular weight excluding hydrogens is 957 g/mol. The Balaban J connectivity index is 1.19. The van der Waals surface area contributed by atoms with Crippen LogP contribution in [0.2, 0.25) is 0 Å². The monoisotopic (exact) mass is 1030 g/mol. The Morgan fingerprint density at radius 1 is 1.11 bits per heavy atom. The number of benzene rings is 1. The van der Waals surface area contributed by atoms with E-state index in [-0.39, 0.29) is 37.9 Å². The molecule has 0 aliphatic carbocycles. The van der Waals surface area contributed by atoms with Crippen molar-refractivity contribution in [2.45, 2.75) is 98.0 Å². The maximum atomic E-state index is 14.8. The van der Waals surface area contributed by atoms with E-state index < -0.39 is 53.1 Å². The number of ether oxygens (including phenoxy) is 2. The summed E-state index contributed by atoms with van der Waals surface area (Å²) in [6, 6.07) is 9.19. The van der Waals surface area contributed by atoms with E-state index in [9.17, 15) is 24.3 Å². The average molecular weight is 1030 g/mol. The number of carbonyl (C=O) groups is 4. The van der Waals surface area contributed by atoms with Gasteiger partial charge in [0.05, 0.1) is 53.3 Å². The third kappa shape index (κ3) is 11.5.